The average molecular weight is 353 g/mol. The van der Waals surface area contributed by atoms with Gasteiger partial charge in [0.25, 0.3) is 5.91 Å². The number of aromatic nitrogens is 2. The van der Waals surface area contributed by atoms with E-state index in [4.69, 9.17) is 4.74 Å². The van der Waals surface area contributed by atoms with Crippen molar-refractivity contribution in [1.29, 1.82) is 0 Å². The van der Waals surface area contributed by atoms with Gasteiger partial charge >= 0.3 is 0 Å². The molecule has 0 bridgehead atoms. The number of rotatable bonds is 4. The van der Waals surface area contributed by atoms with Gasteiger partial charge in [-0.25, -0.2) is 4.98 Å². The molecule has 134 valence electrons. The Morgan fingerprint density at radius 3 is 2.81 bits per heavy atom. The van der Waals surface area contributed by atoms with Crippen molar-refractivity contribution in [2.45, 2.75) is 25.3 Å². The Balaban J connectivity index is 1.59. The number of nitrogens with zero attached hydrogens (tertiary/aromatic N) is 2. The van der Waals surface area contributed by atoms with E-state index >= 15 is 0 Å². The predicted octanol–water partition coefficient (Wildman–Crippen LogP) is 1.48. The van der Waals surface area contributed by atoms with Crippen LogP contribution in [0, 0.1) is 17.8 Å². The van der Waals surface area contributed by atoms with Gasteiger partial charge in [0, 0.05) is 24.1 Å². The Morgan fingerprint density at radius 1 is 1.23 bits per heavy atom. The number of aromatic amines is 1. The zero-order valence-electron chi connectivity index (χ0n) is 14.2. The zero-order chi connectivity index (χ0) is 17.8. The van der Waals surface area contributed by atoms with Crippen molar-refractivity contribution in [2.24, 2.45) is 17.8 Å². The molecule has 7 nitrogen and oxygen atoms in total. The van der Waals surface area contributed by atoms with E-state index in [2.05, 4.69) is 9.97 Å². The lowest BCUT2D eigenvalue weighted by molar-refractivity contribution is -0.139. The summed E-state index contributed by atoms with van der Waals surface area (Å²) in [5, 5.41) is 0. The van der Waals surface area contributed by atoms with Crippen LogP contribution in [-0.2, 0) is 19.1 Å². The number of benzene rings is 1. The Hall–Kier alpha value is -2.54. The van der Waals surface area contributed by atoms with Crippen molar-refractivity contribution in [3.05, 3.63) is 24.5 Å². The van der Waals surface area contributed by atoms with Crippen LogP contribution in [0.5, 0.6) is 0 Å². The second kappa shape index (κ2) is 5.74. The highest BCUT2D eigenvalue weighted by Crippen LogP contribution is 2.42. The maximum absolute atomic E-state index is 12.9. The highest BCUT2D eigenvalue weighted by molar-refractivity contribution is 6.48. The quantitative estimate of drug-likeness (QED) is 0.664. The van der Waals surface area contributed by atoms with Gasteiger partial charge in [-0.1, -0.05) is 0 Å². The molecule has 1 saturated carbocycles. The van der Waals surface area contributed by atoms with Crippen LogP contribution in [0.4, 0.5) is 5.69 Å². The summed E-state index contributed by atoms with van der Waals surface area (Å²) in [6.45, 7) is 1.07. The molecule has 1 amide bonds. The summed E-state index contributed by atoms with van der Waals surface area (Å²) in [7, 11) is 0. The van der Waals surface area contributed by atoms with E-state index in [9.17, 15) is 14.4 Å². The number of Topliss-reactive ketones (excluding diaryl/α,β-unsaturated/α-hetero) is 2. The van der Waals surface area contributed by atoms with Gasteiger partial charge in [-0.05, 0) is 37.5 Å². The smallest absolute Gasteiger partial charge is 0.295 e. The van der Waals surface area contributed by atoms with E-state index in [-0.39, 0.29) is 17.6 Å². The van der Waals surface area contributed by atoms with Gasteiger partial charge in [-0.15, -0.1) is 0 Å². The van der Waals surface area contributed by atoms with Crippen molar-refractivity contribution in [1.82, 2.24) is 9.97 Å². The minimum atomic E-state index is -0.862. The van der Waals surface area contributed by atoms with E-state index in [0.29, 0.717) is 18.9 Å². The molecule has 3 atom stereocenters. The van der Waals surface area contributed by atoms with Crippen LogP contribution in [0.3, 0.4) is 0 Å². The number of ketones is 2. The van der Waals surface area contributed by atoms with Crippen molar-refractivity contribution in [3.8, 4) is 0 Å². The van der Waals surface area contributed by atoms with Crippen LogP contribution in [0.15, 0.2) is 24.5 Å². The SMILES string of the molecule is O=C1C(=O)N(c2ccc3nc[nH]c3c2)C(C2CCOC2)C1C(=O)C1CC1. The first-order chi connectivity index (χ1) is 12.6. The molecule has 1 aliphatic carbocycles. The number of carbonyl (C=O) groups is 3. The molecule has 26 heavy (non-hydrogen) atoms. The fraction of sp³-hybridized carbons (Fsp3) is 0.474. The standard InChI is InChI=1S/C19H19N3O4/c23-17(10-1-2-10)15-16(11-5-6-26-8-11)22(19(25)18(15)24)12-3-4-13-14(7-12)21-9-20-13/h3-4,7,9-11,15-16H,1-2,5-6,8H2,(H,20,21). The number of nitrogens with one attached hydrogen (secondary N) is 1. The fourth-order valence-electron chi connectivity index (χ4n) is 4.28. The highest BCUT2D eigenvalue weighted by Gasteiger charge is 2.56. The van der Waals surface area contributed by atoms with Crippen LogP contribution in [0.1, 0.15) is 19.3 Å². The lowest BCUT2D eigenvalue weighted by Crippen LogP contribution is -2.43. The number of hydrogen-bond donors (Lipinski definition) is 1. The van der Waals surface area contributed by atoms with Crippen LogP contribution in [-0.4, -0.2) is 46.7 Å². The molecule has 2 saturated heterocycles. The summed E-state index contributed by atoms with van der Waals surface area (Å²) >= 11 is 0. The third-order valence-electron chi connectivity index (χ3n) is 5.77. The van der Waals surface area contributed by atoms with Gasteiger partial charge < -0.3 is 14.6 Å². The van der Waals surface area contributed by atoms with Crippen LogP contribution >= 0.6 is 0 Å². The van der Waals surface area contributed by atoms with Crippen molar-refractivity contribution < 1.29 is 19.1 Å². The molecule has 3 unspecified atom stereocenters. The molecule has 2 aromatic rings. The van der Waals surface area contributed by atoms with Crippen molar-refractivity contribution >= 4 is 34.2 Å². The number of carbonyl (C=O) groups excluding carboxylic acids is 3. The molecule has 7 heteroatoms. The number of fused-ring (bicyclic) bond motifs is 1. The Morgan fingerprint density at radius 2 is 2.08 bits per heavy atom. The molecule has 1 N–H and O–H groups in total. The predicted molar refractivity (Wildman–Crippen MR) is 92.5 cm³/mol. The highest BCUT2D eigenvalue weighted by atomic mass is 16.5. The van der Waals surface area contributed by atoms with Crippen LogP contribution in [0.2, 0.25) is 0 Å². The molecule has 3 heterocycles. The molecule has 0 radical (unpaired) electrons. The maximum atomic E-state index is 12.9. The Kier molecular flexibility index (Phi) is 3.46. The van der Waals surface area contributed by atoms with Crippen LogP contribution < -0.4 is 4.90 Å². The Labute approximate surface area is 149 Å². The molecule has 3 fully saturated rings. The number of ether oxygens (including phenoxy) is 1. The second-order valence-corrected chi connectivity index (χ2v) is 7.41. The number of amides is 1. The largest absolute Gasteiger partial charge is 0.381 e. The van der Waals surface area contributed by atoms with E-state index in [1.807, 2.05) is 12.1 Å². The van der Waals surface area contributed by atoms with Gasteiger partial charge in [-0.3, -0.25) is 14.4 Å². The van der Waals surface area contributed by atoms with Gasteiger partial charge in [0.15, 0.2) is 0 Å². The third-order valence-corrected chi connectivity index (χ3v) is 5.77. The lowest BCUT2D eigenvalue weighted by atomic mass is 9.83. The molecule has 1 aromatic carbocycles. The molecule has 0 spiro atoms. The third kappa shape index (κ3) is 2.30. The zero-order valence-corrected chi connectivity index (χ0v) is 14.2. The fourth-order valence-corrected chi connectivity index (χ4v) is 4.28. The molecule has 5 rings (SSSR count). The van der Waals surface area contributed by atoms with Crippen LogP contribution in [0.25, 0.3) is 11.0 Å². The van der Waals surface area contributed by atoms with E-state index in [0.717, 1.165) is 30.3 Å². The molecule has 3 aliphatic rings. The summed E-state index contributed by atoms with van der Waals surface area (Å²) in [4.78, 5) is 47.2. The van der Waals surface area contributed by atoms with E-state index in [1.54, 1.807) is 12.4 Å². The first-order valence-electron chi connectivity index (χ1n) is 9.07. The second-order valence-electron chi connectivity index (χ2n) is 7.41. The van der Waals surface area contributed by atoms with Crippen molar-refractivity contribution in [2.75, 3.05) is 18.1 Å². The van der Waals surface area contributed by atoms with E-state index < -0.39 is 23.7 Å². The minimum absolute atomic E-state index is 0.00411. The minimum Gasteiger partial charge on any atom is -0.381 e. The Bertz CT molecular complexity index is 910. The average Bonchev–Trinajstić information content (AvgIpc) is 3.05. The molecule has 1 aromatic heterocycles. The van der Waals surface area contributed by atoms with Gasteiger partial charge in [-0.2, -0.15) is 0 Å². The number of anilines is 1. The molecular weight excluding hydrogens is 334 g/mol. The first kappa shape index (κ1) is 15.7. The van der Waals surface area contributed by atoms with Crippen molar-refractivity contribution in [3.63, 3.8) is 0 Å². The number of hydrogen-bond acceptors (Lipinski definition) is 5. The first-order valence-corrected chi connectivity index (χ1v) is 9.07. The monoisotopic (exact) mass is 353 g/mol. The normalized spacial score (nSPS) is 29.1. The van der Waals surface area contributed by atoms with Gasteiger partial charge in [0.05, 0.1) is 30.0 Å². The molecule has 2 aliphatic heterocycles. The topological polar surface area (TPSA) is 92.4 Å². The summed E-state index contributed by atoms with van der Waals surface area (Å²) < 4.78 is 5.51. The number of H-pyrrole nitrogens is 1. The van der Waals surface area contributed by atoms with Gasteiger partial charge in [0.1, 0.15) is 11.7 Å². The summed E-state index contributed by atoms with van der Waals surface area (Å²) in [5.41, 5.74) is 2.21. The van der Waals surface area contributed by atoms with Gasteiger partial charge in [0.2, 0.25) is 5.78 Å². The van der Waals surface area contributed by atoms with E-state index in [1.165, 1.54) is 4.90 Å². The summed E-state index contributed by atoms with van der Waals surface area (Å²) in [6, 6.07) is 4.98. The lowest BCUT2D eigenvalue weighted by Gasteiger charge is -2.30. The summed E-state index contributed by atoms with van der Waals surface area (Å²) in [5.74, 6) is -2.14. The molecular formula is C19H19N3O4. The number of imidazole rings is 1. The summed E-state index contributed by atoms with van der Waals surface area (Å²) in [6.07, 6.45) is 3.99. The maximum Gasteiger partial charge on any atom is 0.295 e.